The molecule has 0 saturated heterocycles. The number of carbonyl (C=O) groups is 1. The van der Waals surface area contributed by atoms with Crippen molar-refractivity contribution >= 4 is 12.0 Å². The van der Waals surface area contributed by atoms with Crippen LogP contribution in [-0.4, -0.2) is 19.4 Å². The van der Waals surface area contributed by atoms with Crippen molar-refractivity contribution in [3.05, 3.63) is 29.3 Å². The van der Waals surface area contributed by atoms with Crippen molar-refractivity contribution in [1.82, 2.24) is 0 Å². The van der Waals surface area contributed by atoms with Gasteiger partial charge >= 0.3 is 0 Å². The van der Waals surface area contributed by atoms with E-state index >= 15 is 0 Å². The summed E-state index contributed by atoms with van der Waals surface area (Å²) < 4.78 is 0. The second kappa shape index (κ2) is 6.58. The van der Waals surface area contributed by atoms with Gasteiger partial charge in [-0.3, -0.25) is 4.79 Å². The molecule has 2 heteroatoms. The Kier molecular flexibility index (Phi) is 5.39. The predicted molar refractivity (Wildman–Crippen MR) is 78.5 cm³/mol. The summed E-state index contributed by atoms with van der Waals surface area (Å²) in [6.07, 6.45) is 0.968. The highest BCUT2D eigenvalue weighted by atomic mass is 16.1. The molecule has 0 amide bonds. The smallest absolute Gasteiger partial charge is 0.152 e. The van der Waals surface area contributed by atoms with Crippen LogP contribution in [0.4, 0.5) is 5.69 Å². The van der Waals surface area contributed by atoms with Crippen LogP contribution in [0.25, 0.3) is 0 Å². The number of benzene rings is 1. The Bertz CT molecular complexity index is 386. The third-order valence-electron chi connectivity index (χ3n) is 2.82. The maximum absolute atomic E-state index is 11.2. The van der Waals surface area contributed by atoms with E-state index in [0.717, 1.165) is 36.2 Å². The van der Waals surface area contributed by atoms with Gasteiger partial charge in [0.1, 0.15) is 0 Å². The fourth-order valence-electron chi connectivity index (χ4n) is 2.21. The molecule has 2 nitrogen and oxygen atoms in total. The van der Waals surface area contributed by atoms with Crippen molar-refractivity contribution in [3.8, 4) is 0 Å². The predicted octanol–water partition coefficient (Wildman–Crippen LogP) is 3.93. The molecule has 0 atom stereocenters. The van der Waals surface area contributed by atoms with E-state index in [1.54, 1.807) is 0 Å². The van der Waals surface area contributed by atoms with E-state index in [0.29, 0.717) is 11.8 Å². The summed E-state index contributed by atoms with van der Waals surface area (Å²) in [5.74, 6) is 1.18. The highest BCUT2D eigenvalue weighted by Crippen LogP contribution is 2.22. The number of aldehydes is 1. The second-order valence-corrected chi connectivity index (χ2v) is 5.87. The molecule has 0 radical (unpaired) electrons. The minimum absolute atomic E-state index is 0.588. The Balaban J connectivity index is 3.06. The van der Waals surface area contributed by atoms with Gasteiger partial charge in [-0.1, -0.05) is 39.3 Å². The van der Waals surface area contributed by atoms with Gasteiger partial charge in [0.25, 0.3) is 0 Å². The van der Waals surface area contributed by atoms with Crippen LogP contribution in [0, 0.1) is 18.8 Å². The number of nitrogens with zero attached hydrogens (tertiary/aromatic N) is 1. The molecular weight excluding hydrogens is 222 g/mol. The quantitative estimate of drug-likeness (QED) is 0.710. The molecule has 1 aromatic carbocycles. The first-order valence-corrected chi connectivity index (χ1v) is 6.74. The molecule has 1 aromatic rings. The third kappa shape index (κ3) is 4.17. The standard InChI is InChI=1S/C16H25NO/c1-12(2)9-17(10-13(3)4)16-7-6-14(5)8-15(16)11-18/h6-8,11-13H,9-10H2,1-5H3. The van der Waals surface area contributed by atoms with Crippen molar-refractivity contribution in [1.29, 1.82) is 0 Å². The molecule has 0 bridgehead atoms. The lowest BCUT2D eigenvalue weighted by Gasteiger charge is -2.29. The summed E-state index contributed by atoms with van der Waals surface area (Å²) in [4.78, 5) is 13.6. The van der Waals surface area contributed by atoms with Crippen LogP contribution >= 0.6 is 0 Å². The van der Waals surface area contributed by atoms with E-state index in [1.165, 1.54) is 0 Å². The first-order valence-electron chi connectivity index (χ1n) is 6.74. The van der Waals surface area contributed by atoms with E-state index in [1.807, 2.05) is 13.0 Å². The zero-order valence-electron chi connectivity index (χ0n) is 12.2. The maximum Gasteiger partial charge on any atom is 0.152 e. The van der Waals surface area contributed by atoms with Gasteiger partial charge in [0.2, 0.25) is 0 Å². The molecule has 0 aliphatic rings. The van der Waals surface area contributed by atoms with Gasteiger partial charge in [0.15, 0.2) is 6.29 Å². The lowest BCUT2D eigenvalue weighted by atomic mass is 10.1. The maximum atomic E-state index is 11.2. The monoisotopic (exact) mass is 247 g/mol. The molecule has 0 aliphatic carbocycles. The molecule has 100 valence electrons. The topological polar surface area (TPSA) is 20.3 Å². The van der Waals surface area contributed by atoms with Crippen molar-refractivity contribution in [2.24, 2.45) is 11.8 Å². The van der Waals surface area contributed by atoms with Gasteiger partial charge in [-0.25, -0.2) is 0 Å². The van der Waals surface area contributed by atoms with E-state index in [9.17, 15) is 4.79 Å². The van der Waals surface area contributed by atoms with Crippen molar-refractivity contribution < 1.29 is 4.79 Å². The van der Waals surface area contributed by atoms with E-state index in [2.05, 4.69) is 44.7 Å². The average molecular weight is 247 g/mol. The molecule has 0 N–H and O–H groups in total. The van der Waals surface area contributed by atoms with E-state index in [4.69, 9.17) is 0 Å². The first kappa shape index (κ1) is 14.7. The van der Waals surface area contributed by atoms with Crippen LogP contribution in [-0.2, 0) is 0 Å². The molecule has 0 spiro atoms. The molecular formula is C16H25NO. The normalized spacial score (nSPS) is 11.1. The largest absolute Gasteiger partial charge is 0.370 e. The molecule has 0 unspecified atom stereocenters. The molecule has 0 saturated carbocycles. The fourth-order valence-corrected chi connectivity index (χ4v) is 2.21. The Morgan fingerprint density at radius 1 is 1.11 bits per heavy atom. The average Bonchev–Trinajstić information content (AvgIpc) is 2.26. The summed E-state index contributed by atoms with van der Waals surface area (Å²) in [5.41, 5.74) is 3.00. The third-order valence-corrected chi connectivity index (χ3v) is 2.82. The molecule has 0 fully saturated rings. The van der Waals surface area contributed by atoms with Crippen LogP contribution in [0.15, 0.2) is 18.2 Å². The van der Waals surface area contributed by atoms with Crippen LogP contribution in [0.5, 0.6) is 0 Å². The summed E-state index contributed by atoms with van der Waals surface area (Å²) in [6, 6.07) is 6.12. The fraction of sp³-hybridized carbons (Fsp3) is 0.562. The highest BCUT2D eigenvalue weighted by Gasteiger charge is 2.14. The zero-order chi connectivity index (χ0) is 13.7. The highest BCUT2D eigenvalue weighted by molar-refractivity contribution is 5.85. The lowest BCUT2D eigenvalue weighted by molar-refractivity contribution is 0.112. The molecule has 0 heterocycles. The number of hydrogen-bond donors (Lipinski definition) is 0. The molecule has 0 aromatic heterocycles. The first-order chi connectivity index (χ1) is 8.43. The summed E-state index contributed by atoms with van der Waals surface area (Å²) in [5, 5.41) is 0. The summed E-state index contributed by atoms with van der Waals surface area (Å²) in [7, 11) is 0. The number of carbonyl (C=O) groups excluding carboxylic acids is 1. The number of rotatable bonds is 6. The Morgan fingerprint density at radius 3 is 2.11 bits per heavy atom. The minimum atomic E-state index is 0.588. The molecule has 18 heavy (non-hydrogen) atoms. The number of hydrogen-bond acceptors (Lipinski definition) is 2. The van der Waals surface area contributed by atoms with Gasteiger partial charge in [-0.2, -0.15) is 0 Å². The van der Waals surface area contributed by atoms with Gasteiger partial charge in [-0.05, 0) is 30.9 Å². The Hall–Kier alpha value is -1.31. The van der Waals surface area contributed by atoms with E-state index in [-0.39, 0.29) is 0 Å². The SMILES string of the molecule is Cc1ccc(N(CC(C)C)CC(C)C)c(C=O)c1. The van der Waals surface area contributed by atoms with E-state index < -0.39 is 0 Å². The minimum Gasteiger partial charge on any atom is -0.370 e. The van der Waals surface area contributed by atoms with Gasteiger partial charge in [0, 0.05) is 24.3 Å². The van der Waals surface area contributed by atoms with Gasteiger partial charge in [0.05, 0.1) is 0 Å². The van der Waals surface area contributed by atoms with Crippen LogP contribution in [0.1, 0.15) is 43.6 Å². The Labute approximate surface area is 111 Å². The van der Waals surface area contributed by atoms with Crippen molar-refractivity contribution in [3.63, 3.8) is 0 Å². The lowest BCUT2D eigenvalue weighted by Crippen LogP contribution is -2.32. The van der Waals surface area contributed by atoms with Crippen LogP contribution in [0.2, 0.25) is 0 Å². The zero-order valence-corrected chi connectivity index (χ0v) is 12.2. The Morgan fingerprint density at radius 2 is 1.67 bits per heavy atom. The van der Waals surface area contributed by atoms with Crippen molar-refractivity contribution in [2.75, 3.05) is 18.0 Å². The molecule has 1 rings (SSSR count). The van der Waals surface area contributed by atoms with Gasteiger partial charge < -0.3 is 4.90 Å². The molecule has 0 aliphatic heterocycles. The number of anilines is 1. The summed E-state index contributed by atoms with van der Waals surface area (Å²) >= 11 is 0. The second-order valence-electron chi connectivity index (χ2n) is 5.87. The summed E-state index contributed by atoms with van der Waals surface area (Å²) in [6.45, 7) is 12.8. The number of aryl methyl sites for hydroxylation is 1. The van der Waals surface area contributed by atoms with Crippen LogP contribution < -0.4 is 4.90 Å². The van der Waals surface area contributed by atoms with Gasteiger partial charge in [-0.15, -0.1) is 0 Å². The van der Waals surface area contributed by atoms with Crippen molar-refractivity contribution in [2.45, 2.75) is 34.6 Å². The van der Waals surface area contributed by atoms with Crippen LogP contribution in [0.3, 0.4) is 0 Å².